The molecule has 4 heterocycles. The molecule has 0 aromatic heterocycles. The summed E-state index contributed by atoms with van der Waals surface area (Å²) in [5.74, 6) is 0.553. The Labute approximate surface area is 397 Å². The van der Waals surface area contributed by atoms with Crippen molar-refractivity contribution >= 4 is 46.7 Å². The van der Waals surface area contributed by atoms with E-state index < -0.39 is 5.97 Å². The number of anilines is 3. The molecule has 5 aromatic carbocycles. The molecular weight excluding hydrogens is 865 g/mol. The van der Waals surface area contributed by atoms with E-state index in [0.29, 0.717) is 93.0 Å². The van der Waals surface area contributed by atoms with Crippen molar-refractivity contribution in [2.45, 2.75) is 70.7 Å². The van der Waals surface area contributed by atoms with Crippen molar-refractivity contribution in [3.05, 3.63) is 136 Å². The van der Waals surface area contributed by atoms with Gasteiger partial charge in [0.15, 0.2) is 11.5 Å². The lowest BCUT2D eigenvalue weighted by Crippen LogP contribution is -2.37. The molecule has 354 valence electrons. The number of hydrogen-bond acceptors (Lipinski definition) is 11. The SMILES string of the molecule is COCCOCCOCCN(CCCC(=O)O)c1cc(COc2cc3c(cc2C)C(=O)N2c4ccccc4C[C@H]2CC3)cc(COc2cc3c(cc2OC)C(=O)N2c4ccccc4C[C@H]2C=N3)c1. The largest absolute Gasteiger partial charge is 0.493 e. The number of benzene rings is 5. The van der Waals surface area contributed by atoms with E-state index in [9.17, 15) is 19.5 Å². The van der Waals surface area contributed by atoms with Crippen molar-refractivity contribution in [2.24, 2.45) is 4.99 Å². The van der Waals surface area contributed by atoms with Crippen molar-refractivity contribution < 1.29 is 47.9 Å². The lowest BCUT2D eigenvalue weighted by Gasteiger charge is -2.26. The number of amides is 2. The van der Waals surface area contributed by atoms with Gasteiger partial charge in [0, 0.05) is 74.0 Å². The van der Waals surface area contributed by atoms with Crippen molar-refractivity contribution in [1.29, 1.82) is 0 Å². The summed E-state index contributed by atoms with van der Waals surface area (Å²) >= 11 is 0. The van der Waals surface area contributed by atoms with Crippen LogP contribution in [0.1, 0.15) is 73.4 Å². The molecule has 0 saturated carbocycles. The number of rotatable bonds is 21. The number of carbonyl (C=O) groups excluding carboxylic acids is 2. The first kappa shape index (κ1) is 46.4. The number of carbonyl (C=O) groups is 3. The van der Waals surface area contributed by atoms with Crippen LogP contribution < -0.4 is 28.9 Å². The van der Waals surface area contributed by atoms with E-state index in [0.717, 1.165) is 64.1 Å². The minimum absolute atomic E-state index is 0.0166. The molecule has 14 nitrogen and oxygen atoms in total. The second-order valence-electron chi connectivity index (χ2n) is 17.6. The third-order valence-electron chi connectivity index (χ3n) is 13.1. The highest BCUT2D eigenvalue weighted by molar-refractivity contribution is 6.15. The molecule has 14 heteroatoms. The zero-order chi connectivity index (χ0) is 47.1. The number of aryl methyl sites for hydroxylation is 2. The number of carboxylic acid groups (broad SMARTS) is 1. The molecule has 4 aliphatic rings. The van der Waals surface area contributed by atoms with Gasteiger partial charge in [-0.1, -0.05) is 36.4 Å². The molecule has 2 atom stereocenters. The van der Waals surface area contributed by atoms with E-state index in [1.807, 2.05) is 84.8 Å². The lowest BCUT2D eigenvalue weighted by atomic mass is 9.98. The highest BCUT2D eigenvalue weighted by atomic mass is 16.5. The molecule has 0 fully saturated rings. The second-order valence-corrected chi connectivity index (χ2v) is 17.6. The van der Waals surface area contributed by atoms with Gasteiger partial charge < -0.3 is 43.3 Å². The fourth-order valence-corrected chi connectivity index (χ4v) is 9.74. The minimum Gasteiger partial charge on any atom is -0.493 e. The van der Waals surface area contributed by atoms with E-state index in [1.54, 1.807) is 31.3 Å². The summed E-state index contributed by atoms with van der Waals surface area (Å²) in [5, 5.41) is 9.55. The second kappa shape index (κ2) is 21.1. The summed E-state index contributed by atoms with van der Waals surface area (Å²) in [6, 6.07) is 29.6. The Morgan fingerprint density at radius 2 is 1.40 bits per heavy atom. The van der Waals surface area contributed by atoms with Crippen LogP contribution in [0.25, 0.3) is 0 Å². The van der Waals surface area contributed by atoms with E-state index in [2.05, 4.69) is 17.0 Å². The van der Waals surface area contributed by atoms with E-state index >= 15 is 0 Å². The van der Waals surface area contributed by atoms with Crippen LogP contribution in [0.15, 0.2) is 96.0 Å². The molecular formula is C54H58N4O10. The molecule has 0 spiro atoms. The molecule has 1 N–H and O–H groups in total. The Balaban J connectivity index is 0.974. The Hall–Kier alpha value is -6.74. The van der Waals surface area contributed by atoms with Gasteiger partial charge in [-0.25, -0.2) is 0 Å². The zero-order valence-corrected chi connectivity index (χ0v) is 38.9. The van der Waals surface area contributed by atoms with Gasteiger partial charge in [0.1, 0.15) is 19.0 Å². The minimum atomic E-state index is -0.861. The molecule has 2 amide bonds. The van der Waals surface area contributed by atoms with Gasteiger partial charge >= 0.3 is 5.97 Å². The smallest absolute Gasteiger partial charge is 0.303 e. The summed E-state index contributed by atoms with van der Waals surface area (Å²) in [4.78, 5) is 50.5. The summed E-state index contributed by atoms with van der Waals surface area (Å²) in [6.45, 7) is 5.50. The first-order valence-electron chi connectivity index (χ1n) is 23.4. The molecule has 68 heavy (non-hydrogen) atoms. The quantitative estimate of drug-likeness (QED) is 0.0709. The fraction of sp³-hybridized carbons (Fsp3) is 0.370. The Morgan fingerprint density at radius 1 is 0.721 bits per heavy atom. The Morgan fingerprint density at radius 3 is 2.13 bits per heavy atom. The van der Waals surface area contributed by atoms with Crippen LogP contribution in [0.4, 0.5) is 22.7 Å². The first-order valence-corrected chi connectivity index (χ1v) is 23.4. The van der Waals surface area contributed by atoms with E-state index in [-0.39, 0.29) is 43.5 Å². The van der Waals surface area contributed by atoms with Gasteiger partial charge in [-0.15, -0.1) is 0 Å². The predicted molar refractivity (Wildman–Crippen MR) is 260 cm³/mol. The number of carboxylic acids is 1. The average Bonchev–Trinajstić information content (AvgIpc) is 3.84. The molecule has 0 unspecified atom stereocenters. The third kappa shape index (κ3) is 10.1. The summed E-state index contributed by atoms with van der Waals surface area (Å²) in [5.41, 5.74) is 10.2. The number of para-hydroxylation sites is 2. The summed E-state index contributed by atoms with van der Waals surface area (Å²) < 4.78 is 35.6. The number of aliphatic imine (C=N–C) groups is 1. The van der Waals surface area contributed by atoms with Gasteiger partial charge in [0.25, 0.3) is 11.8 Å². The van der Waals surface area contributed by atoms with Crippen LogP contribution in [0.3, 0.4) is 0 Å². The highest BCUT2D eigenvalue weighted by Gasteiger charge is 2.38. The van der Waals surface area contributed by atoms with E-state index in [1.165, 1.54) is 5.56 Å². The molecule has 0 aliphatic carbocycles. The molecule has 5 aromatic rings. The Kier molecular flexibility index (Phi) is 14.4. The monoisotopic (exact) mass is 922 g/mol. The number of nitrogens with zero attached hydrogens (tertiary/aromatic N) is 4. The van der Waals surface area contributed by atoms with Crippen molar-refractivity contribution in [3.8, 4) is 17.2 Å². The zero-order valence-electron chi connectivity index (χ0n) is 38.9. The first-order chi connectivity index (χ1) is 33.2. The maximum Gasteiger partial charge on any atom is 0.303 e. The van der Waals surface area contributed by atoms with Gasteiger partial charge in [-0.05, 0) is 115 Å². The highest BCUT2D eigenvalue weighted by Crippen LogP contribution is 2.42. The van der Waals surface area contributed by atoms with Crippen molar-refractivity contribution in [3.63, 3.8) is 0 Å². The number of ether oxygens (including phenoxy) is 6. The van der Waals surface area contributed by atoms with Gasteiger partial charge in [0.05, 0.1) is 57.4 Å². The fourth-order valence-electron chi connectivity index (χ4n) is 9.74. The lowest BCUT2D eigenvalue weighted by molar-refractivity contribution is -0.137. The molecule has 0 bridgehead atoms. The Bertz CT molecular complexity index is 2700. The maximum absolute atomic E-state index is 14.1. The number of aliphatic carboxylic acids is 1. The summed E-state index contributed by atoms with van der Waals surface area (Å²) in [6.07, 6.45) is 5.43. The third-order valence-corrected chi connectivity index (χ3v) is 13.1. The number of fused-ring (bicyclic) bond motifs is 8. The summed E-state index contributed by atoms with van der Waals surface area (Å²) in [7, 11) is 3.18. The maximum atomic E-state index is 14.1. The van der Waals surface area contributed by atoms with Gasteiger partial charge in [-0.2, -0.15) is 0 Å². The van der Waals surface area contributed by atoms with Gasteiger partial charge in [-0.3, -0.25) is 24.3 Å². The molecule has 0 radical (unpaired) electrons. The number of hydrogen-bond donors (Lipinski definition) is 1. The van der Waals surface area contributed by atoms with Gasteiger partial charge in [0.2, 0.25) is 0 Å². The van der Waals surface area contributed by atoms with E-state index in [4.69, 9.17) is 33.4 Å². The normalized spacial score (nSPS) is 16.5. The molecule has 0 saturated heterocycles. The molecule has 4 aliphatic heterocycles. The van der Waals surface area contributed by atoms with Crippen LogP contribution in [-0.4, -0.2) is 102 Å². The van der Waals surface area contributed by atoms with Crippen LogP contribution >= 0.6 is 0 Å². The number of methoxy groups -OCH3 is 2. The van der Waals surface area contributed by atoms with Crippen LogP contribution in [0.2, 0.25) is 0 Å². The topological polar surface area (TPSA) is 149 Å². The standard InChI is InChI=1S/C54H58N4O10/c1-35-23-44-38(14-15-41-27-39-9-4-6-11-47(39)57(41)53(44)61)29-49(35)67-33-36-24-37(26-42(25-36)56(16-8-13-52(59)60)17-18-65-21-22-66-20-19-63-2)34-68-51-31-46-45(30-50(51)64-3)54(62)58-43(32-55-46)28-40-10-5-7-12-48(40)58/h4-7,9-12,23-26,29-32,41,43H,8,13-22,27-28,33-34H2,1-3H3,(H,59,60)/t41-,43+/m1/s1. The average molecular weight is 923 g/mol. The predicted octanol–water partition coefficient (Wildman–Crippen LogP) is 8.32. The molecule has 9 rings (SSSR count). The van der Waals surface area contributed by atoms with Crippen LogP contribution in [-0.2, 0) is 51.5 Å². The van der Waals surface area contributed by atoms with Crippen molar-refractivity contribution in [2.75, 3.05) is 75.0 Å². The van der Waals surface area contributed by atoms with Crippen LogP contribution in [0.5, 0.6) is 17.2 Å². The van der Waals surface area contributed by atoms with Crippen molar-refractivity contribution in [1.82, 2.24) is 0 Å². The van der Waals surface area contributed by atoms with Crippen LogP contribution in [0, 0.1) is 6.92 Å².